The van der Waals surface area contributed by atoms with Crippen molar-refractivity contribution in [1.82, 2.24) is 9.55 Å². The Hall–Kier alpha value is -2.79. The van der Waals surface area contributed by atoms with Gasteiger partial charge in [0.2, 0.25) is 0 Å². The number of fused-ring (bicyclic) bond motifs is 1. The number of nitrogens with zero attached hydrogens (tertiary/aromatic N) is 2. The van der Waals surface area contributed by atoms with Crippen molar-refractivity contribution in [2.45, 2.75) is 0 Å². The molecule has 4 rings (SSSR count). The zero-order valence-corrected chi connectivity index (χ0v) is 12.8. The molecule has 0 spiro atoms. The monoisotopic (exact) mass is 322 g/mol. The molecule has 0 fully saturated rings. The molecule has 0 amide bonds. The topological polar surface area (TPSA) is 34.9 Å². The van der Waals surface area contributed by atoms with Crippen LogP contribution in [0.5, 0.6) is 0 Å². The van der Waals surface area contributed by atoms with E-state index < -0.39 is 0 Å². The Labute approximate surface area is 135 Å². The first-order valence-corrected chi connectivity index (χ1v) is 7.91. The molecule has 2 heterocycles. The summed E-state index contributed by atoms with van der Waals surface area (Å²) in [5, 5.41) is 3.43. The number of benzene rings is 2. The van der Waals surface area contributed by atoms with E-state index in [1.54, 1.807) is 35.9 Å². The van der Waals surface area contributed by atoms with Crippen molar-refractivity contribution in [3.8, 4) is 16.3 Å². The lowest BCUT2D eigenvalue weighted by molar-refractivity contribution is 0.627. The predicted molar refractivity (Wildman–Crippen MR) is 90.6 cm³/mol. The molecule has 0 saturated heterocycles. The number of thiazole rings is 1. The molecule has 112 valence electrons. The van der Waals surface area contributed by atoms with Crippen LogP contribution in [-0.2, 0) is 0 Å². The van der Waals surface area contributed by atoms with Gasteiger partial charge in [-0.05, 0) is 36.4 Å². The van der Waals surface area contributed by atoms with Gasteiger partial charge in [-0.25, -0.2) is 9.37 Å². The summed E-state index contributed by atoms with van der Waals surface area (Å²) < 4.78 is 15.0. The molecular formula is C18H11FN2OS. The quantitative estimate of drug-likeness (QED) is 0.553. The molecule has 0 saturated carbocycles. The van der Waals surface area contributed by atoms with E-state index >= 15 is 0 Å². The highest BCUT2D eigenvalue weighted by molar-refractivity contribution is 7.13. The molecule has 2 aromatic carbocycles. The summed E-state index contributed by atoms with van der Waals surface area (Å²) in [6.07, 6.45) is 3.46. The lowest BCUT2D eigenvalue weighted by Gasteiger charge is -2.11. The number of pyridine rings is 1. The van der Waals surface area contributed by atoms with E-state index in [1.807, 2.05) is 28.1 Å². The number of rotatable bonds is 2. The average molecular weight is 322 g/mol. The van der Waals surface area contributed by atoms with E-state index in [1.165, 1.54) is 18.2 Å². The van der Waals surface area contributed by atoms with Crippen LogP contribution in [0.3, 0.4) is 0 Å². The van der Waals surface area contributed by atoms with Crippen LogP contribution in [-0.4, -0.2) is 9.55 Å². The molecule has 5 heteroatoms. The third kappa shape index (κ3) is 2.45. The van der Waals surface area contributed by atoms with Gasteiger partial charge in [-0.2, -0.15) is 0 Å². The lowest BCUT2D eigenvalue weighted by Crippen LogP contribution is -2.06. The Morgan fingerprint density at radius 2 is 1.87 bits per heavy atom. The van der Waals surface area contributed by atoms with Gasteiger partial charge in [-0.3, -0.25) is 4.79 Å². The van der Waals surface area contributed by atoms with Gasteiger partial charge in [0.25, 0.3) is 0 Å². The molecule has 0 atom stereocenters. The van der Waals surface area contributed by atoms with Crippen LogP contribution in [0, 0.1) is 5.82 Å². The summed E-state index contributed by atoms with van der Waals surface area (Å²) in [5.41, 5.74) is 2.49. The van der Waals surface area contributed by atoms with Gasteiger partial charge in [0.15, 0.2) is 5.43 Å². The highest BCUT2D eigenvalue weighted by atomic mass is 32.1. The van der Waals surface area contributed by atoms with E-state index in [0.29, 0.717) is 5.39 Å². The van der Waals surface area contributed by atoms with Crippen LogP contribution >= 0.6 is 11.3 Å². The molecule has 0 unspecified atom stereocenters. The maximum Gasteiger partial charge on any atom is 0.189 e. The van der Waals surface area contributed by atoms with Gasteiger partial charge in [0.1, 0.15) is 10.8 Å². The normalized spacial score (nSPS) is 11.0. The van der Waals surface area contributed by atoms with Gasteiger partial charge >= 0.3 is 0 Å². The van der Waals surface area contributed by atoms with E-state index in [0.717, 1.165) is 21.8 Å². The van der Waals surface area contributed by atoms with Crippen molar-refractivity contribution in [3.63, 3.8) is 0 Å². The molecule has 0 N–H and O–H groups in total. The van der Waals surface area contributed by atoms with E-state index in [9.17, 15) is 9.18 Å². The number of halogens is 1. The molecule has 3 nitrogen and oxygen atoms in total. The van der Waals surface area contributed by atoms with Crippen molar-refractivity contribution < 1.29 is 4.39 Å². The van der Waals surface area contributed by atoms with Gasteiger partial charge in [-0.1, -0.05) is 6.07 Å². The largest absolute Gasteiger partial charge is 0.316 e. The third-order valence-electron chi connectivity index (χ3n) is 3.68. The summed E-state index contributed by atoms with van der Waals surface area (Å²) in [4.78, 5) is 16.4. The molecule has 23 heavy (non-hydrogen) atoms. The Morgan fingerprint density at radius 3 is 2.61 bits per heavy atom. The highest BCUT2D eigenvalue weighted by Gasteiger charge is 2.08. The summed E-state index contributed by atoms with van der Waals surface area (Å²) in [5.74, 6) is -0.289. The lowest BCUT2D eigenvalue weighted by atomic mass is 10.1. The van der Waals surface area contributed by atoms with Crippen LogP contribution in [0.1, 0.15) is 0 Å². The Kier molecular flexibility index (Phi) is 3.28. The molecule has 0 aliphatic heterocycles. The number of aromatic nitrogens is 2. The molecule has 0 aliphatic carbocycles. The summed E-state index contributed by atoms with van der Waals surface area (Å²) in [6.45, 7) is 0. The Balaban J connectivity index is 2.00. The van der Waals surface area contributed by atoms with E-state index in [-0.39, 0.29) is 11.2 Å². The first kappa shape index (κ1) is 13.8. The highest BCUT2D eigenvalue weighted by Crippen LogP contribution is 2.26. The minimum atomic E-state index is -0.289. The Bertz CT molecular complexity index is 1040. The van der Waals surface area contributed by atoms with E-state index in [4.69, 9.17) is 0 Å². The second-order valence-electron chi connectivity index (χ2n) is 5.10. The van der Waals surface area contributed by atoms with E-state index in [2.05, 4.69) is 4.98 Å². The van der Waals surface area contributed by atoms with Gasteiger partial charge in [0.05, 0.1) is 5.52 Å². The van der Waals surface area contributed by atoms with Crippen LogP contribution in [0.4, 0.5) is 4.39 Å². The second kappa shape index (κ2) is 5.44. The van der Waals surface area contributed by atoms with Crippen LogP contribution in [0.25, 0.3) is 27.2 Å². The third-order valence-corrected chi connectivity index (χ3v) is 4.50. The van der Waals surface area contributed by atoms with Crippen LogP contribution in [0.2, 0.25) is 0 Å². The minimum absolute atomic E-state index is 0.0379. The van der Waals surface area contributed by atoms with Crippen LogP contribution in [0.15, 0.2) is 71.1 Å². The smallest absolute Gasteiger partial charge is 0.189 e. The minimum Gasteiger partial charge on any atom is -0.316 e. The van der Waals surface area contributed by atoms with Gasteiger partial charge in [0, 0.05) is 40.5 Å². The number of hydrogen-bond donors (Lipinski definition) is 0. The van der Waals surface area contributed by atoms with Crippen molar-refractivity contribution in [2.75, 3.05) is 0 Å². The molecular weight excluding hydrogens is 311 g/mol. The standard InChI is InChI=1S/C18H11FN2OS/c19-13-2-4-14(5-3-13)21-9-7-17(22)15-6-1-12(11-16(15)21)18-20-8-10-23-18/h1-11H. The molecule has 4 aromatic rings. The molecule has 0 bridgehead atoms. The average Bonchev–Trinajstić information content (AvgIpc) is 3.11. The SMILES string of the molecule is O=c1ccn(-c2ccc(F)cc2)c2cc(-c3nccs3)ccc12. The van der Waals surface area contributed by atoms with Crippen molar-refractivity contribution in [1.29, 1.82) is 0 Å². The second-order valence-corrected chi connectivity index (χ2v) is 5.99. The maximum absolute atomic E-state index is 13.2. The zero-order chi connectivity index (χ0) is 15.8. The maximum atomic E-state index is 13.2. The molecule has 2 aromatic heterocycles. The fourth-order valence-electron chi connectivity index (χ4n) is 2.58. The first-order chi connectivity index (χ1) is 11.2. The van der Waals surface area contributed by atoms with Gasteiger partial charge in [-0.15, -0.1) is 11.3 Å². The predicted octanol–water partition coefficient (Wildman–Crippen LogP) is 4.25. The first-order valence-electron chi connectivity index (χ1n) is 7.03. The van der Waals surface area contributed by atoms with Crippen molar-refractivity contribution in [2.24, 2.45) is 0 Å². The van der Waals surface area contributed by atoms with Gasteiger partial charge < -0.3 is 4.57 Å². The number of hydrogen-bond acceptors (Lipinski definition) is 3. The Morgan fingerprint density at radius 1 is 1.04 bits per heavy atom. The van der Waals surface area contributed by atoms with Crippen molar-refractivity contribution >= 4 is 22.2 Å². The fraction of sp³-hybridized carbons (Fsp3) is 0. The zero-order valence-electron chi connectivity index (χ0n) is 11.9. The summed E-state index contributed by atoms with van der Waals surface area (Å²) in [6, 6.07) is 13.4. The van der Waals surface area contributed by atoms with Crippen molar-refractivity contribution in [3.05, 3.63) is 82.3 Å². The summed E-state index contributed by atoms with van der Waals surface area (Å²) >= 11 is 1.54. The van der Waals surface area contributed by atoms with Crippen LogP contribution < -0.4 is 5.43 Å². The molecule has 0 radical (unpaired) electrons. The fourth-order valence-corrected chi connectivity index (χ4v) is 3.21. The summed E-state index contributed by atoms with van der Waals surface area (Å²) in [7, 11) is 0. The molecule has 0 aliphatic rings.